The molecule has 1 heterocycles. The number of aromatic nitrogens is 1. The zero-order chi connectivity index (χ0) is 29.4. The van der Waals surface area contributed by atoms with Gasteiger partial charge in [0.15, 0.2) is 11.3 Å². The van der Waals surface area contributed by atoms with Gasteiger partial charge in [0.25, 0.3) is 0 Å². The molecule has 42 heavy (non-hydrogen) atoms. The van der Waals surface area contributed by atoms with Gasteiger partial charge in [0.05, 0.1) is 6.07 Å². The van der Waals surface area contributed by atoms with Crippen LogP contribution < -0.4 is 15.2 Å². The van der Waals surface area contributed by atoms with Crippen molar-refractivity contribution in [1.29, 1.82) is 0 Å². The molecule has 0 amide bonds. The molecule has 0 saturated carbocycles. The highest BCUT2D eigenvalue weighted by molar-refractivity contribution is 6.10. The molecule has 1 aliphatic carbocycles. The fourth-order valence-corrected chi connectivity index (χ4v) is 6.12. The second-order valence-electron chi connectivity index (χ2n) is 12.5. The first-order valence-electron chi connectivity index (χ1n) is 17.2. The third kappa shape index (κ3) is 9.85. The van der Waals surface area contributed by atoms with E-state index in [4.69, 9.17) is 9.40 Å². The molecule has 1 N–H and O–H groups in total. The maximum atomic E-state index is 6.40. The van der Waals surface area contributed by atoms with Crippen LogP contribution >= 0.6 is 0 Å². The first-order chi connectivity index (χ1) is 20.7. The van der Waals surface area contributed by atoms with Crippen molar-refractivity contribution in [2.75, 3.05) is 26.0 Å². The fraction of sp³-hybridized carbons (Fsp3) is 0.579. The molecule has 0 atom stereocenters. The largest absolute Gasteiger partial charge is 0.452 e. The maximum Gasteiger partial charge on any atom is 0.203 e. The van der Waals surface area contributed by atoms with Gasteiger partial charge in [-0.2, -0.15) is 0 Å². The molecule has 0 spiro atoms. The summed E-state index contributed by atoms with van der Waals surface area (Å²) in [5.74, 6) is 0.818. The molecule has 228 valence electrons. The van der Waals surface area contributed by atoms with Crippen molar-refractivity contribution in [2.24, 2.45) is 0 Å². The van der Waals surface area contributed by atoms with Crippen LogP contribution in [-0.4, -0.2) is 25.6 Å². The number of fused-ring (bicyclic) bond motifs is 4. The van der Waals surface area contributed by atoms with E-state index in [-0.39, 0.29) is 0 Å². The number of hydrogen-bond acceptors (Lipinski definition) is 3. The topological polar surface area (TPSA) is 41.1 Å². The maximum absolute atomic E-state index is 6.40. The van der Waals surface area contributed by atoms with Gasteiger partial charge >= 0.3 is 0 Å². The fourth-order valence-electron chi connectivity index (χ4n) is 6.12. The molecule has 4 heteroatoms. The van der Waals surface area contributed by atoms with Crippen molar-refractivity contribution >= 4 is 27.6 Å². The van der Waals surface area contributed by atoms with Crippen LogP contribution in [0.3, 0.4) is 0 Å². The zero-order valence-corrected chi connectivity index (χ0v) is 26.9. The predicted molar refractivity (Wildman–Crippen MR) is 183 cm³/mol. The summed E-state index contributed by atoms with van der Waals surface area (Å²) in [6.07, 6.45) is 25.3. The van der Waals surface area contributed by atoms with Crippen LogP contribution in [0, 0.1) is 0 Å². The van der Waals surface area contributed by atoms with E-state index >= 15 is 0 Å². The summed E-state index contributed by atoms with van der Waals surface area (Å²) in [7, 11) is 4.09. The second-order valence-corrected chi connectivity index (χ2v) is 12.5. The zero-order valence-electron chi connectivity index (χ0n) is 26.9. The van der Waals surface area contributed by atoms with Crippen LogP contribution in [0.2, 0.25) is 0 Å². The molecule has 4 rings (SSSR count). The first-order valence-corrected chi connectivity index (χ1v) is 17.2. The van der Waals surface area contributed by atoms with Gasteiger partial charge in [-0.3, -0.25) is 0 Å². The summed E-state index contributed by atoms with van der Waals surface area (Å²) < 4.78 is 8.49. The van der Waals surface area contributed by atoms with Gasteiger partial charge in [0, 0.05) is 35.1 Å². The Morgan fingerprint density at radius 2 is 1.19 bits per heavy atom. The van der Waals surface area contributed by atoms with Crippen LogP contribution in [0.15, 0.2) is 52.9 Å². The van der Waals surface area contributed by atoms with Crippen LogP contribution in [0.5, 0.6) is 0 Å². The smallest absolute Gasteiger partial charge is 0.203 e. The Kier molecular flexibility index (Phi) is 13.7. The summed E-state index contributed by atoms with van der Waals surface area (Å²) in [6.45, 7) is 3.28. The lowest BCUT2D eigenvalue weighted by molar-refractivity contribution is 0.526. The van der Waals surface area contributed by atoms with Crippen LogP contribution in [0.25, 0.3) is 33.3 Å². The van der Waals surface area contributed by atoms with E-state index in [9.17, 15) is 0 Å². The van der Waals surface area contributed by atoms with Gasteiger partial charge in [-0.15, -0.1) is 0 Å². The average Bonchev–Trinajstić information content (AvgIpc) is 3.01. The van der Waals surface area contributed by atoms with Crippen molar-refractivity contribution in [3.63, 3.8) is 0 Å². The van der Waals surface area contributed by atoms with Gasteiger partial charge in [0.2, 0.25) is 5.36 Å². The minimum absolute atomic E-state index is 0.818. The van der Waals surface area contributed by atoms with E-state index in [0.29, 0.717) is 0 Å². The number of benzene rings is 3. The van der Waals surface area contributed by atoms with E-state index in [1.807, 2.05) is 20.2 Å². The molecule has 1 aliphatic heterocycles. The van der Waals surface area contributed by atoms with Gasteiger partial charge in [-0.1, -0.05) is 140 Å². The van der Waals surface area contributed by atoms with Crippen molar-refractivity contribution in [2.45, 2.75) is 122 Å². The number of nitrogens with one attached hydrogen (secondary N) is 1. The summed E-state index contributed by atoms with van der Waals surface area (Å²) in [4.78, 5) is 4.99. The Bertz CT molecular complexity index is 1380. The molecule has 2 aliphatic rings. The Morgan fingerprint density at radius 3 is 1.76 bits per heavy atom. The highest BCUT2D eigenvalue weighted by Crippen LogP contribution is 2.34. The molecule has 0 unspecified atom stereocenters. The number of anilines is 1. The minimum atomic E-state index is 0.818. The lowest BCUT2D eigenvalue weighted by Gasteiger charge is -2.13. The molecule has 2 aromatic rings. The molecule has 0 aromatic heterocycles. The quantitative estimate of drug-likeness (QED) is 0.0497. The molecule has 0 saturated heterocycles. The number of unbranched alkanes of at least 4 members (excludes halogenated alkanes) is 17. The molecule has 4 nitrogen and oxygen atoms in total. The SMILES string of the molecule is CCCCCCCCCCCCCCCCCCCCNc1cc2oc3cc(=[N+](C)C)ccc-3nc2c2ccccc12. The Balaban J connectivity index is 1.13. The number of hydrogen-bond donors (Lipinski definition) is 1. The molecular formula is C38H56N3O+. The van der Waals surface area contributed by atoms with Gasteiger partial charge in [-0.05, 0) is 12.5 Å². The summed E-state index contributed by atoms with van der Waals surface area (Å²) in [5.41, 5.74) is 3.78. The van der Waals surface area contributed by atoms with Crippen LogP contribution in [0.1, 0.15) is 122 Å². The molecule has 0 bridgehead atoms. The van der Waals surface area contributed by atoms with Crippen LogP contribution in [-0.2, 0) is 0 Å². The third-order valence-corrected chi connectivity index (χ3v) is 8.74. The van der Waals surface area contributed by atoms with E-state index in [1.165, 1.54) is 121 Å². The average molecular weight is 571 g/mol. The predicted octanol–water partition coefficient (Wildman–Crippen LogP) is 10.6. The second kappa shape index (κ2) is 17.9. The summed E-state index contributed by atoms with van der Waals surface area (Å²) in [5, 5.41) is 7.17. The molecule has 0 radical (unpaired) electrons. The van der Waals surface area contributed by atoms with E-state index in [0.717, 1.165) is 45.5 Å². The van der Waals surface area contributed by atoms with Gasteiger partial charge < -0.3 is 9.73 Å². The number of rotatable bonds is 20. The van der Waals surface area contributed by atoms with Crippen molar-refractivity contribution < 1.29 is 4.42 Å². The summed E-state index contributed by atoms with van der Waals surface area (Å²) in [6, 6.07) is 16.9. The van der Waals surface area contributed by atoms with Gasteiger partial charge in [0.1, 0.15) is 25.3 Å². The molecule has 0 fully saturated rings. The lowest BCUT2D eigenvalue weighted by atomic mass is 10.0. The minimum Gasteiger partial charge on any atom is -0.452 e. The third-order valence-electron chi connectivity index (χ3n) is 8.74. The highest BCUT2D eigenvalue weighted by Gasteiger charge is 2.14. The first kappa shape index (κ1) is 32.0. The lowest BCUT2D eigenvalue weighted by Crippen LogP contribution is -2.21. The summed E-state index contributed by atoms with van der Waals surface area (Å²) >= 11 is 0. The monoisotopic (exact) mass is 570 g/mol. The van der Waals surface area contributed by atoms with E-state index < -0.39 is 0 Å². The van der Waals surface area contributed by atoms with Crippen LogP contribution in [0.4, 0.5) is 5.69 Å². The van der Waals surface area contributed by atoms with Crippen molar-refractivity contribution in [3.05, 3.63) is 53.9 Å². The Morgan fingerprint density at radius 1 is 0.643 bits per heavy atom. The van der Waals surface area contributed by atoms with E-state index in [1.54, 1.807) is 0 Å². The molecule has 2 aromatic carbocycles. The highest BCUT2D eigenvalue weighted by atomic mass is 16.3. The number of nitrogens with zero attached hydrogens (tertiary/aromatic N) is 2. The normalized spacial score (nSPS) is 11.6. The van der Waals surface area contributed by atoms with Crippen molar-refractivity contribution in [1.82, 2.24) is 9.56 Å². The standard InChI is InChI=1S/C38H55N3O/c1-4-5-6-7-8-9-10-11-12-13-14-15-16-17-18-19-20-23-28-39-35-30-37-38(33-25-22-21-24-32(33)35)40-34-27-26-31(41(2)3)29-36(34)42-37/h21-22,24-27,29-30H,4-20,23,28H2,1-3H3/p+1. The Hall–Kier alpha value is -2.88. The van der Waals surface area contributed by atoms with E-state index in [2.05, 4.69) is 59.3 Å². The van der Waals surface area contributed by atoms with Gasteiger partial charge in [-0.25, -0.2) is 9.56 Å². The Labute approximate surface area is 255 Å². The molecular weight excluding hydrogens is 514 g/mol. The van der Waals surface area contributed by atoms with Crippen molar-refractivity contribution in [3.8, 4) is 11.5 Å².